The zero-order valence-corrected chi connectivity index (χ0v) is 17.1. The zero-order chi connectivity index (χ0) is 20.0. The predicted octanol–water partition coefficient (Wildman–Crippen LogP) is 3.62. The monoisotopic (exact) mass is 431 g/mol. The summed E-state index contributed by atoms with van der Waals surface area (Å²) in [5.41, 5.74) is 1.18. The van der Waals surface area contributed by atoms with E-state index in [1.54, 1.807) is 42.3 Å². The molecule has 0 saturated heterocycles. The van der Waals surface area contributed by atoms with Crippen molar-refractivity contribution in [3.05, 3.63) is 63.6 Å². The third-order valence-electron chi connectivity index (χ3n) is 3.51. The van der Waals surface area contributed by atoms with E-state index in [0.29, 0.717) is 35.3 Å². The summed E-state index contributed by atoms with van der Waals surface area (Å²) >= 11 is 12.0. The molecule has 6 nitrogen and oxygen atoms in total. The lowest BCUT2D eigenvalue weighted by atomic mass is 10.1. The molecule has 0 heterocycles. The molecule has 0 radical (unpaired) electrons. The van der Waals surface area contributed by atoms with Crippen LogP contribution in [0, 0.1) is 0 Å². The highest BCUT2D eigenvalue weighted by Crippen LogP contribution is 2.21. The van der Waals surface area contributed by atoms with Crippen LogP contribution >= 0.6 is 23.2 Å². The Morgan fingerprint density at radius 2 is 1.67 bits per heavy atom. The Morgan fingerprint density at radius 3 is 2.19 bits per heavy atom. The van der Waals surface area contributed by atoms with Gasteiger partial charge in [-0.1, -0.05) is 35.3 Å². The van der Waals surface area contributed by atoms with Gasteiger partial charge in [0.2, 0.25) is 0 Å². The molecule has 0 N–H and O–H groups in total. The first-order valence-electron chi connectivity index (χ1n) is 7.90. The topological polar surface area (TPSA) is 72.9 Å². The highest BCUT2D eigenvalue weighted by molar-refractivity contribution is 7.86. The fourth-order valence-electron chi connectivity index (χ4n) is 2.36. The minimum absolute atomic E-state index is 0.206. The maximum Gasteiger partial charge on any atom is 0.306 e. The zero-order valence-electron chi connectivity index (χ0n) is 14.8. The molecule has 0 aliphatic heterocycles. The average Bonchev–Trinajstić information content (AvgIpc) is 2.57. The maximum absolute atomic E-state index is 12.9. The van der Waals surface area contributed by atoms with Gasteiger partial charge in [0.15, 0.2) is 0 Å². The van der Waals surface area contributed by atoms with E-state index in [4.69, 9.17) is 32.1 Å². The molecular formula is C18H19Cl2NO5S. The number of hydrogen-bond donors (Lipinski definition) is 0. The van der Waals surface area contributed by atoms with E-state index in [1.165, 1.54) is 12.1 Å². The van der Waals surface area contributed by atoms with Crippen molar-refractivity contribution in [1.82, 2.24) is 4.90 Å². The lowest BCUT2D eigenvalue weighted by Crippen LogP contribution is -2.33. The molecule has 0 aromatic heterocycles. The van der Waals surface area contributed by atoms with Crippen molar-refractivity contribution in [2.75, 3.05) is 26.5 Å². The van der Waals surface area contributed by atoms with Gasteiger partial charge in [0.25, 0.3) is 5.91 Å². The van der Waals surface area contributed by atoms with Crippen molar-refractivity contribution in [1.29, 1.82) is 0 Å². The lowest BCUT2D eigenvalue weighted by Gasteiger charge is -2.23. The van der Waals surface area contributed by atoms with Crippen molar-refractivity contribution >= 4 is 39.2 Å². The smallest absolute Gasteiger partial charge is 0.306 e. The van der Waals surface area contributed by atoms with Crippen molar-refractivity contribution in [3.63, 3.8) is 0 Å². The molecular weight excluding hydrogens is 413 g/mol. The summed E-state index contributed by atoms with van der Waals surface area (Å²) in [7, 11) is -2.04. The van der Waals surface area contributed by atoms with Crippen molar-refractivity contribution in [2.45, 2.75) is 6.54 Å². The highest BCUT2D eigenvalue weighted by Gasteiger charge is 2.17. The van der Waals surface area contributed by atoms with E-state index >= 15 is 0 Å². The van der Waals surface area contributed by atoms with Gasteiger partial charge in [-0.25, -0.2) is 0 Å². The van der Waals surface area contributed by atoms with E-state index in [-0.39, 0.29) is 11.7 Å². The van der Waals surface area contributed by atoms with E-state index in [1.807, 2.05) is 0 Å². The first kappa shape index (κ1) is 21.5. The summed E-state index contributed by atoms with van der Waals surface area (Å²) in [4.78, 5) is 14.5. The molecule has 9 heteroatoms. The Balaban J connectivity index is 2.19. The summed E-state index contributed by atoms with van der Waals surface area (Å²) in [6.45, 7) is 1.02. The quantitative estimate of drug-likeness (QED) is 0.596. The third-order valence-corrected chi connectivity index (χ3v) is 4.44. The van der Waals surface area contributed by atoms with Gasteiger partial charge in [0.1, 0.15) is 5.75 Å². The van der Waals surface area contributed by atoms with Gasteiger partial charge in [0, 0.05) is 35.8 Å². The summed E-state index contributed by atoms with van der Waals surface area (Å²) < 4.78 is 32.2. The first-order valence-corrected chi connectivity index (χ1v) is 10.5. The second-order valence-electron chi connectivity index (χ2n) is 5.81. The van der Waals surface area contributed by atoms with Gasteiger partial charge < -0.3 is 13.8 Å². The normalized spacial score (nSPS) is 11.3. The van der Waals surface area contributed by atoms with Crippen LogP contribution in [0.5, 0.6) is 5.75 Å². The Morgan fingerprint density at radius 1 is 1.07 bits per heavy atom. The summed E-state index contributed by atoms with van der Waals surface area (Å²) in [5, 5.41) is 0.750. The number of methoxy groups -OCH3 is 1. The Hall–Kier alpha value is -1.80. The molecule has 0 fully saturated rings. The number of halogens is 2. The summed E-state index contributed by atoms with van der Waals surface area (Å²) in [5.74, 6) is -0.0365. The molecule has 2 aromatic carbocycles. The standard InChI is InChI=1S/C18H19Cl2NO5S/c1-25-8-7-21(18(22)14-9-15(19)11-16(20)10-14)12-13-3-5-17(6-4-13)26-27(2,23)24/h3-6,9-11H,7-8,12H2,1-2H3. The van der Waals surface area contributed by atoms with E-state index < -0.39 is 10.1 Å². The lowest BCUT2D eigenvalue weighted by molar-refractivity contribution is 0.0680. The number of amides is 1. The third kappa shape index (κ3) is 7.03. The van der Waals surface area contributed by atoms with E-state index in [9.17, 15) is 13.2 Å². The molecule has 0 atom stereocenters. The molecule has 0 unspecified atom stereocenters. The van der Waals surface area contributed by atoms with E-state index in [2.05, 4.69) is 0 Å². The number of hydrogen-bond acceptors (Lipinski definition) is 5. The molecule has 0 bridgehead atoms. The fraction of sp³-hybridized carbons (Fsp3) is 0.278. The molecule has 2 rings (SSSR count). The fourth-order valence-corrected chi connectivity index (χ4v) is 3.35. The SMILES string of the molecule is COCCN(Cc1ccc(OS(C)(=O)=O)cc1)C(=O)c1cc(Cl)cc(Cl)c1. The largest absolute Gasteiger partial charge is 0.383 e. The number of benzene rings is 2. The maximum atomic E-state index is 12.9. The summed E-state index contributed by atoms with van der Waals surface area (Å²) in [6, 6.07) is 11.1. The molecule has 0 aliphatic carbocycles. The van der Waals surface area contributed by atoms with Crippen LogP contribution in [0.2, 0.25) is 10.0 Å². The predicted molar refractivity (Wildman–Crippen MR) is 105 cm³/mol. The van der Waals surface area contributed by atoms with Crippen LogP contribution in [0.4, 0.5) is 0 Å². The Kier molecular flexibility index (Phi) is 7.49. The number of carbonyl (C=O) groups excluding carboxylic acids is 1. The van der Waals surface area contributed by atoms with Crippen LogP contribution in [0.3, 0.4) is 0 Å². The van der Waals surface area contributed by atoms with Crippen LogP contribution in [-0.4, -0.2) is 45.7 Å². The van der Waals surface area contributed by atoms with Gasteiger partial charge in [0.05, 0.1) is 12.9 Å². The van der Waals surface area contributed by atoms with Crippen molar-refractivity contribution < 1.29 is 22.1 Å². The second-order valence-corrected chi connectivity index (χ2v) is 8.26. The summed E-state index contributed by atoms with van der Waals surface area (Å²) in [6.07, 6.45) is 0.974. The molecule has 27 heavy (non-hydrogen) atoms. The van der Waals surface area contributed by atoms with Crippen molar-refractivity contribution in [3.8, 4) is 5.75 Å². The van der Waals surface area contributed by atoms with Crippen LogP contribution in [0.25, 0.3) is 0 Å². The Bertz CT molecular complexity index is 880. The minimum Gasteiger partial charge on any atom is -0.383 e. The molecule has 0 aliphatic rings. The van der Waals surface area contributed by atoms with Gasteiger partial charge in [-0.05, 0) is 35.9 Å². The second kappa shape index (κ2) is 9.41. The molecule has 2 aromatic rings. The van der Waals surface area contributed by atoms with Gasteiger partial charge in [-0.15, -0.1) is 0 Å². The molecule has 0 spiro atoms. The Labute approximate surface area is 168 Å². The molecule has 1 amide bonds. The number of carbonyl (C=O) groups is 1. The van der Waals surface area contributed by atoms with E-state index in [0.717, 1.165) is 11.8 Å². The highest BCUT2D eigenvalue weighted by atomic mass is 35.5. The van der Waals surface area contributed by atoms with Gasteiger partial charge in [-0.2, -0.15) is 8.42 Å². The number of ether oxygens (including phenoxy) is 1. The first-order chi connectivity index (χ1) is 12.7. The van der Waals surface area contributed by atoms with Gasteiger partial charge >= 0.3 is 10.1 Å². The average molecular weight is 432 g/mol. The van der Waals surface area contributed by atoms with Crippen LogP contribution < -0.4 is 4.18 Å². The van der Waals surface area contributed by atoms with Crippen LogP contribution in [0.15, 0.2) is 42.5 Å². The molecule has 0 saturated carbocycles. The number of rotatable bonds is 8. The number of nitrogens with zero attached hydrogens (tertiary/aromatic N) is 1. The van der Waals surface area contributed by atoms with Gasteiger partial charge in [-0.3, -0.25) is 4.79 Å². The van der Waals surface area contributed by atoms with Crippen LogP contribution in [-0.2, 0) is 21.4 Å². The minimum atomic E-state index is -3.59. The van der Waals surface area contributed by atoms with Crippen LogP contribution in [0.1, 0.15) is 15.9 Å². The van der Waals surface area contributed by atoms with Crippen molar-refractivity contribution in [2.24, 2.45) is 0 Å². The molecule has 146 valence electrons.